The van der Waals surface area contributed by atoms with E-state index in [1.165, 1.54) is 40.6 Å². The van der Waals surface area contributed by atoms with Gasteiger partial charge in [0.15, 0.2) is 0 Å². The zero-order chi connectivity index (χ0) is 60.6. The Hall–Kier alpha value is -8.13. The van der Waals surface area contributed by atoms with Gasteiger partial charge < -0.3 is 29.5 Å². The lowest BCUT2D eigenvalue weighted by Gasteiger charge is -2.24. The molecule has 2 aliphatic carbocycles. The van der Waals surface area contributed by atoms with Gasteiger partial charge in [-0.25, -0.2) is 21.6 Å². The van der Waals surface area contributed by atoms with Crippen LogP contribution in [0.2, 0.25) is 0 Å². The van der Waals surface area contributed by atoms with Crippen LogP contribution in [0.3, 0.4) is 0 Å². The summed E-state index contributed by atoms with van der Waals surface area (Å²) in [5, 5.41) is 16.1. The highest BCUT2D eigenvalue weighted by molar-refractivity contribution is 7.92. The minimum atomic E-state index is -3.80. The van der Waals surface area contributed by atoms with Crippen molar-refractivity contribution in [2.75, 3.05) is 67.9 Å². The van der Waals surface area contributed by atoms with Gasteiger partial charge in [-0.15, -0.1) is 0 Å². The molecule has 4 heterocycles. The topological polar surface area (TPSA) is 226 Å². The molecule has 0 spiro atoms. The molecule has 2 saturated carbocycles. The van der Waals surface area contributed by atoms with Gasteiger partial charge >= 0.3 is 5.97 Å². The highest BCUT2D eigenvalue weighted by Crippen LogP contribution is 2.48. The first-order valence-electron chi connectivity index (χ1n) is 28.4. The molecule has 4 aromatic carbocycles. The summed E-state index contributed by atoms with van der Waals surface area (Å²) in [7, 11) is -4.33. The summed E-state index contributed by atoms with van der Waals surface area (Å²) in [4.78, 5) is 49.6. The molecule has 442 valence electrons. The lowest BCUT2D eigenvalue weighted by molar-refractivity contribution is 0.0695. The number of fused-ring (bicyclic) bond motifs is 2. The van der Waals surface area contributed by atoms with Gasteiger partial charge in [0.05, 0.1) is 40.0 Å². The van der Waals surface area contributed by atoms with Crippen molar-refractivity contribution in [2.24, 2.45) is 0 Å². The van der Waals surface area contributed by atoms with Gasteiger partial charge in [-0.2, -0.15) is 9.97 Å². The first-order valence-corrected chi connectivity index (χ1v) is 32.1. The second-order valence-electron chi connectivity index (χ2n) is 21.2. The number of aromatic carboxylic acids is 1. The van der Waals surface area contributed by atoms with Crippen LogP contribution in [0.25, 0.3) is 50.9 Å². The van der Waals surface area contributed by atoms with Crippen LogP contribution >= 0.6 is 0 Å². The van der Waals surface area contributed by atoms with E-state index in [1.807, 2.05) is 98.8 Å². The number of aromatic nitrogens is 2. The molecule has 4 aromatic heterocycles. The van der Waals surface area contributed by atoms with Crippen LogP contribution in [0, 0.1) is 13.8 Å². The molecule has 2 amide bonds. The lowest BCUT2D eigenvalue weighted by Crippen LogP contribution is -2.33. The fraction of sp³-hybridized carbons (Fsp3) is 0.338. The molecule has 19 heteroatoms. The molecule has 0 radical (unpaired) electrons. The van der Waals surface area contributed by atoms with Gasteiger partial charge in [-0.3, -0.25) is 18.2 Å². The highest BCUT2D eigenvalue weighted by atomic mass is 32.2. The van der Waals surface area contributed by atoms with Crippen molar-refractivity contribution >= 4 is 77.7 Å². The Morgan fingerprint density at radius 2 is 1.01 bits per heavy atom. The highest BCUT2D eigenvalue weighted by Gasteiger charge is 2.36. The minimum absolute atomic E-state index is 0.00478. The number of nitrogens with one attached hydrogen (secondary N) is 2. The molecule has 0 aliphatic heterocycles. The third-order valence-electron chi connectivity index (χ3n) is 15.3. The molecule has 10 rings (SSSR count). The number of amides is 2. The molecule has 8 aromatic rings. The van der Waals surface area contributed by atoms with Crippen molar-refractivity contribution < 1.29 is 45.2 Å². The van der Waals surface area contributed by atoms with E-state index in [2.05, 4.69) is 42.9 Å². The number of carboxylic acid groups (broad SMARTS) is 1. The van der Waals surface area contributed by atoms with Crippen molar-refractivity contribution in [2.45, 2.75) is 85.0 Å². The van der Waals surface area contributed by atoms with E-state index in [0.29, 0.717) is 56.8 Å². The number of rotatable bonds is 21. The van der Waals surface area contributed by atoms with Crippen molar-refractivity contribution in [3.05, 3.63) is 171 Å². The molecule has 17 nitrogen and oxygen atoms in total. The second-order valence-corrected chi connectivity index (χ2v) is 25.0. The monoisotopic (exact) mass is 1180 g/mol. The molecule has 0 bridgehead atoms. The number of nitrogens with zero attached hydrogens (tertiary/aromatic N) is 5. The standard InChI is InChI=1S/C30H31N3O4S.C29H29N3O6S.C6H15N/c1-5-20-8-6-7-9-21(20)16-17-33(38(4,35)36)28-24(22-14-15-22)18-25-26(29(34)31-3)27(37-30(25)32-28)23-12-10-19(2)11-13-23;1-17-8-10-20(11-9-17)25-24(27(33)30-2)23-16-22(19-12-13-19)26(31-28(23)38-25)32(39(3,36)37)15-14-18-6-4-5-7-21(18)29(34)35;1-4-7(5-2)6-3/h5-13,18,22H,1,14-17H2,2-4H3,(H,31,34);4-11,16,19H,12-15H2,1-3H3,(H,30,33)(H,34,35);4-6H2,1-3H3. The predicted octanol–water partition coefficient (Wildman–Crippen LogP) is 11.8. The van der Waals surface area contributed by atoms with Gasteiger partial charge in [0, 0.05) is 38.3 Å². The van der Waals surface area contributed by atoms with E-state index in [9.17, 15) is 36.3 Å². The fourth-order valence-electron chi connectivity index (χ4n) is 10.2. The molecule has 84 heavy (non-hydrogen) atoms. The van der Waals surface area contributed by atoms with E-state index in [4.69, 9.17) is 18.8 Å². The first kappa shape index (κ1) is 61.9. The molecular formula is C65H75N7O10S2. The lowest BCUT2D eigenvalue weighted by atomic mass is 10.0. The van der Waals surface area contributed by atoms with E-state index in [1.54, 1.807) is 38.4 Å². The number of anilines is 2. The van der Waals surface area contributed by atoms with E-state index >= 15 is 0 Å². The predicted molar refractivity (Wildman–Crippen MR) is 334 cm³/mol. The quantitative estimate of drug-likeness (QED) is 0.0609. The van der Waals surface area contributed by atoms with Crippen LogP contribution < -0.4 is 19.2 Å². The summed E-state index contributed by atoms with van der Waals surface area (Å²) in [5.41, 5.74) is 8.91. The third-order valence-corrected chi connectivity index (χ3v) is 17.6. The SMILES string of the molecule is C=Cc1ccccc1CCN(c1nc2oc(-c3ccc(C)cc3)c(C(=O)NC)c2cc1C1CC1)S(C)(=O)=O.CCN(CC)CC.CNC(=O)c1c(-c2ccc(C)cc2)oc2nc(N(CCc3ccccc3C(=O)O)S(C)(=O)=O)c(C3CC3)cc12. The maximum Gasteiger partial charge on any atom is 0.335 e. The van der Waals surface area contributed by atoms with Crippen molar-refractivity contribution in [3.63, 3.8) is 0 Å². The normalized spacial score (nSPS) is 13.2. The molecular weight excluding hydrogens is 1100 g/mol. The summed E-state index contributed by atoms with van der Waals surface area (Å²) in [5.74, 6) is -0.0180. The van der Waals surface area contributed by atoms with Crippen molar-refractivity contribution in [1.82, 2.24) is 25.5 Å². The zero-order valence-electron chi connectivity index (χ0n) is 49.3. The van der Waals surface area contributed by atoms with E-state index in [0.717, 1.165) is 70.9 Å². The summed E-state index contributed by atoms with van der Waals surface area (Å²) in [6.07, 6.45) is 8.37. The summed E-state index contributed by atoms with van der Waals surface area (Å²) >= 11 is 0. The van der Waals surface area contributed by atoms with Crippen LogP contribution in [0.4, 0.5) is 11.6 Å². The van der Waals surface area contributed by atoms with Crippen molar-refractivity contribution in [3.8, 4) is 22.6 Å². The maximum atomic E-state index is 13.1. The van der Waals surface area contributed by atoms with Crippen LogP contribution in [0.15, 0.2) is 125 Å². The molecule has 2 aliphatic rings. The Morgan fingerprint density at radius 1 is 0.619 bits per heavy atom. The average Bonchev–Trinajstić information content (AvgIpc) is 2.50. The molecule has 2 fully saturated rings. The number of hydrogen-bond acceptors (Lipinski definition) is 12. The van der Waals surface area contributed by atoms with E-state index in [-0.39, 0.29) is 66.0 Å². The summed E-state index contributed by atoms with van der Waals surface area (Å²) in [6.45, 7) is 18.2. The smallest absolute Gasteiger partial charge is 0.335 e. The number of aryl methyl sites for hydroxylation is 2. The summed E-state index contributed by atoms with van der Waals surface area (Å²) in [6, 6.07) is 33.4. The largest absolute Gasteiger partial charge is 0.478 e. The number of sulfonamides is 2. The molecule has 0 saturated heterocycles. The van der Waals surface area contributed by atoms with Gasteiger partial charge in [-0.1, -0.05) is 136 Å². The number of carboxylic acids is 1. The Labute approximate surface area is 492 Å². The maximum absolute atomic E-state index is 13.1. The number of furan rings is 2. The second kappa shape index (κ2) is 26.6. The van der Waals surface area contributed by atoms with Crippen LogP contribution in [-0.4, -0.2) is 114 Å². The minimum Gasteiger partial charge on any atom is -0.478 e. The number of hydrogen-bond donors (Lipinski definition) is 3. The molecule has 0 atom stereocenters. The fourth-order valence-corrected chi connectivity index (χ4v) is 12.0. The zero-order valence-corrected chi connectivity index (χ0v) is 50.9. The molecule has 3 N–H and O–H groups in total. The van der Waals surface area contributed by atoms with Crippen molar-refractivity contribution in [1.29, 1.82) is 0 Å². The number of pyridine rings is 2. The Balaban J connectivity index is 0.000000197. The van der Waals surface area contributed by atoms with Gasteiger partial charge in [0.2, 0.25) is 31.5 Å². The Bertz CT molecular complexity index is 3930. The van der Waals surface area contributed by atoms with E-state index < -0.39 is 26.0 Å². The third kappa shape index (κ3) is 14.3. The molecule has 0 unspecified atom stereocenters. The Kier molecular flexibility index (Phi) is 19.6. The number of carbonyl (C=O) groups excluding carboxylic acids is 2. The van der Waals surface area contributed by atoms with Gasteiger partial charge in [-0.05, 0) is 130 Å². The van der Waals surface area contributed by atoms with Crippen LogP contribution in [0.5, 0.6) is 0 Å². The summed E-state index contributed by atoms with van der Waals surface area (Å²) < 4.78 is 67.2. The first-order chi connectivity index (χ1) is 40.1. The van der Waals surface area contributed by atoms with Crippen LogP contribution in [0.1, 0.15) is 128 Å². The average molecular weight is 1180 g/mol. The number of benzene rings is 4. The van der Waals surface area contributed by atoms with Gasteiger partial charge in [0.25, 0.3) is 11.8 Å². The number of carbonyl (C=O) groups is 3. The van der Waals surface area contributed by atoms with Crippen LogP contribution in [-0.2, 0) is 32.9 Å². The Morgan fingerprint density at radius 3 is 1.37 bits per heavy atom. The van der Waals surface area contributed by atoms with Gasteiger partial charge in [0.1, 0.15) is 23.2 Å².